The average molecular weight is 258 g/mol. The molecule has 0 bridgehead atoms. The van der Waals surface area contributed by atoms with Crippen molar-refractivity contribution >= 4 is 23.3 Å². The van der Waals surface area contributed by atoms with E-state index in [1.807, 2.05) is 13.8 Å². The largest absolute Gasteiger partial charge is 0.493 e. The first kappa shape index (κ1) is 13.6. The molecule has 4 nitrogen and oxygen atoms in total. The predicted octanol–water partition coefficient (Wildman–Crippen LogP) is 2.87. The molecule has 0 aliphatic carbocycles. The van der Waals surface area contributed by atoms with E-state index in [1.165, 1.54) is 7.11 Å². The van der Waals surface area contributed by atoms with Crippen LogP contribution in [0, 0.1) is 5.92 Å². The van der Waals surface area contributed by atoms with Gasteiger partial charge in [-0.2, -0.15) is 0 Å². The molecule has 0 saturated carbocycles. The minimum Gasteiger partial charge on any atom is -0.493 e. The first-order valence-corrected chi connectivity index (χ1v) is 5.67. The molecule has 0 spiro atoms. The third-order valence-corrected chi connectivity index (χ3v) is 2.71. The number of carbonyl (C=O) groups is 1. The van der Waals surface area contributed by atoms with Crippen LogP contribution >= 0.6 is 11.6 Å². The van der Waals surface area contributed by atoms with E-state index in [-0.39, 0.29) is 5.92 Å². The molecule has 0 aromatic heterocycles. The van der Waals surface area contributed by atoms with E-state index >= 15 is 0 Å². The maximum Gasteiger partial charge on any atom is 0.326 e. The van der Waals surface area contributed by atoms with Gasteiger partial charge in [0.1, 0.15) is 6.04 Å². The van der Waals surface area contributed by atoms with Crippen molar-refractivity contribution in [3.05, 3.63) is 23.2 Å². The molecule has 0 heterocycles. The second-order valence-corrected chi connectivity index (χ2v) is 4.43. The van der Waals surface area contributed by atoms with E-state index in [4.69, 9.17) is 21.4 Å². The van der Waals surface area contributed by atoms with Gasteiger partial charge in [-0.3, -0.25) is 0 Å². The van der Waals surface area contributed by atoms with E-state index in [9.17, 15) is 4.79 Å². The Morgan fingerprint density at radius 2 is 2.12 bits per heavy atom. The van der Waals surface area contributed by atoms with Crippen LogP contribution in [0.4, 0.5) is 5.69 Å². The van der Waals surface area contributed by atoms with Crippen LogP contribution in [0.15, 0.2) is 18.2 Å². The molecule has 2 N–H and O–H groups in total. The minimum absolute atomic E-state index is 0.0452. The quantitative estimate of drug-likeness (QED) is 0.852. The van der Waals surface area contributed by atoms with Crippen molar-refractivity contribution in [2.45, 2.75) is 19.9 Å². The molecule has 0 amide bonds. The molecule has 1 rings (SSSR count). The van der Waals surface area contributed by atoms with Crippen LogP contribution in [0.25, 0.3) is 0 Å². The molecule has 94 valence electrons. The lowest BCUT2D eigenvalue weighted by molar-refractivity contribution is -0.138. The van der Waals surface area contributed by atoms with Crippen LogP contribution in [0.3, 0.4) is 0 Å². The monoisotopic (exact) mass is 257 g/mol. The highest BCUT2D eigenvalue weighted by molar-refractivity contribution is 6.32. The molecule has 0 radical (unpaired) electrons. The predicted molar refractivity (Wildman–Crippen MR) is 67.9 cm³/mol. The smallest absolute Gasteiger partial charge is 0.326 e. The number of benzene rings is 1. The van der Waals surface area contributed by atoms with Crippen molar-refractivity contribution < 1.29 is 14.6 Å². The number of methoxy groups -OCH3 is 1. The van der Waals surface area contributed by atoms with Crippen molar-refractivity contribution in [1.29, 1.82) is 0 Å². The van der Waals surface area contributed by atoms with Crippen LogP contribution in [-0.2, 0) is 4.79 Å². The van der Waals surface area contributed by atoms with Gasteiger partial charge in [-0.25, -0.2) is 4.79 Å². The Kier molecular flexibility index (Phi) is 4.63. The normalized spacial score (nSPS) is 12.3. The number of carboxylic acids is 1. The lowest BCUT2D eigenvalue weighted by atomic mass is 10.0. The van der Waals surface area contributed by atoms with Gasteiger partial charge in [0.2, 0.25) is 0 Å². The Bertz CT molecular complexity index is 407. The Labute approximate surface area is 106 Å². The molecular weight excluding hydrogens is 242 g/mol. The third kappa shape index (κ3) is 3.27. The van der Waals surface area contributed by atoms with E-state index in [1.54, 1.807) is 18.2 Å². The van der Waals surface area contributed by atoms with Crippen molar-refractivity contribution in [3.63, 3.8) is 0 Å². The number of rotatable bonds is 5. The molecule has 0 aliphatic rings. The number of aliphatic carboxylic acids is 1. The lowest BCUT2D eigenvalue weighted by Crippen LogP contribution is -2.34. The SMILES string of the molecule is COc1c(Cl)cccc1NC(C(=O)O)C(C)C. The highest BCUT2D eigenvalue weighted by Crippen LogP contribution is 2.33. The Morgan fingerprint density at radius 3 is 2.59 bits per heavy atom. The molecule has 1 unspecified atom stereocenters. The summed E-state index contributed by atoms with van der Waals surface area (Å²) in [5.74, 6) is -0.487. The summed E-state index contributed by atoms with van der Waals surface area (Å²) < 4.78 is 5.15. The minimum atomic E-state index is -0.901. The average Bonchev–Trinajstić information content (AvgIpc) is 2.25. The number of hydrogen-bond acceptors (Lipinski definition) is 3. The Morgan fingerprint density at radius 1 is 1.47 bits per heavy atom. The van der Waals surface area contributed by atoms with Gasteiger partial charge < -0.3 is 15.2 Å². The fraction of sp³-hybridized carbons (Fsp3) is 0.417. The van der Waals surface area contributed by atoms with Gasteiger partial charge in [0.05, 0.1) is 17.8 Å². The summed E-state index contributed by atoms with van der Waals surface area (Å²) in [5.41, 5.74) is 0.584. The van der Waals surface area contributed by atoms with Gasteiger partial charge in [-0.15, -0.1) is 0 Å². The van der Waals surface area contributed by atoms with Crippen LogP contribution in [0.1, 0.15) is 13.8 Å². The van der Waals surface area contributed by atoms with E-state index < -0.39 is 12.0 Å². The number of hydrogen-bond donors (Lipinski definition) is 2. The van der Waals surface area contributed by atoms with E-state index in [0.717, 1.165) is 0 Å². The van der Waals surface area contributed by atoms with Gasteiger partial charge in [-0.05, 0) is 18.1 Å². The number of halogens is 1. The maximum atomic E-state index is 11.1. The summed E-state index contributed by atoms with van der Waals surface area (Å²) in [6, 6.07) is 4.49. The van der Waals surface area contributed by atoms with Crippen LogP contribution in [0.2, 0.25) is 5.02 Å². The highest BCUT2D eigenvalue weighted by Gasteiger charge is 2.22. The molecule has 1 aromatic rings. The topological polar surface area (TPSA) is 58.6 Å². The lowest BCUT2D eigenvalue weighted by Gasteiger charge is -2.21. The first-order valence-electron chi connectivity index (χ1n) is 5.29. The zero-order valence-corrected chi connectivity index (χ0v) is 10.8. The molecule has 0 fully saturated rings. The number of nitrogens with one attached hydrogen (secondary N) is 1. The Balaban J connectivity index is 3.01. The molecule has 1 aromatic carbocycles. The van der Waals surface area contributed by atoms with E-state index in [2.05, 4.69) is 5.32 Å². The van der Waals surface area contributed by atoms with Gasteiger partial charge in [0.25, 0.3) is 0 Å². The fourth-order valence-electron chi connectivity index (χ4n) is 1.51. The maximum absolute atomic E-state index is 11.1. The van der Waals surface area contributed by atoms with E-state index in [0.29, 0.717) is 16.5 Å². The summed E-state index contributed by atoms with van der Waals surface area (Å²) in [7, 11) is 1.50. The van der Waals surface area contributed by atoms with Crippen LogP contribution in [0.5, 0.6) is 5.75 Å². The summed E-state index contributed by atoms with van der Waals surface area (Å²) in [5, 5.41) is 12.5. The summed E-state index contributed by atoms with van der Waals surface area (Å²) >= 11 is 5.96. The Hall–Kier alpha value is -1.42. The zero-order chi connectivity index (χ0) is 13.0. The van der Waals surface area contributed by atoms with Gasteiger partial charge in [0.15, 0.2) is 5.75 Å². The third-order valence-electron chi connectivity index (χ3n) is 2.41. The zero-order valence-electron chi connectivity index (χ0n) is 10.0. The number of anilines is 1. The molecule has 5 heteroatoms. The molecule has 1 atom stereocenters. The van der Waals surface area contributed by atoms with Crippen LogP contribution < -0.4 is 10.1 Å². The number of carboxylic acid groups (broad SMARTS) is 1. The van der Waals surface area contributed by atoms with Crippen LogP contribution in [-0.4, -0.2) is 24.2 Å². The fourth-order valence-corrected chi connectivity index (χ4v) is 1.76. The summed E-state index contributed by atoms with van der Waals surface area (Å²) in [6.07, 6.45) is 0. The van der Waals surface area contributed by atoms with Crippen molar-refractivity contribution in [1.82, 2.24) is 0 Å². The number of para-hydroxylation sites is 1. The molecule has 0 aliphatic heterocycles. The number of ether oxygens (including phenoxy) is 1. The summed E-state index contributed by atoms with van der Waals surface area (Å²) in [4.78, 5) is 11.1. The van der Waals surface area contributed by atoms with Crippen molar-refractivity contribution in [3.8, 4) is 5.75 Å². The van der Waals surface area contributed by atoms with Crippen molar-refractivity contribution in [2.24, 2.45) is 5.92 Å². The van der Waals surface area contributed by atoms with Crippen molar-refractivity contribution in [2.75, 3.05) is 12.4 Å². The van der Waals surface area contributed by atoms with Gasteiger partial charge in [-0.1, -0.05) is 31.5 Å². The first-order chi connectivity index (χ1) is 7.97. The molecule has 17 heavy (non-hydrogen) atoms. The van der Waals surface area contributed by atoms with Gasteiger partial charge >= 0.3 is 5.97 Å². The highest BCUT2D eigenvalue weighted by atomic mass is 35.5. The second kappa shape index (κ2) is 5.77. The second-order valence-electron chi connectivity index (χ2n) is 4.02. The standard InChI is InChI=1S/C12H16ClNO3/c1-7(2)10(12(15)16)14-9-6-4-5-8(13)11(9)17-3/h4-7,10,14H,1-3H3,(H,15,16). The molecule has 0 saturated heterocycles. The van der Waals surface area contributed by atoms with Gasteiger partial charge in [0, 0.05) is 0 Å². The summed E-state index contributed by atoms with van der Waals surface area (Å²) in [6.45, 7) is 3.67. The molecular formula is C12H16ClNO3.